The summed E-state index contributed by atoms with van der Waals surface area (Å²) in [4.78, 5) is 16.4. The van der Waals surface area contributed by atoms with E-state index in [2.05, 4.69) is 25.3 Å². The molecule has 3 rings (SSSR count). The number of piperidine rings is 1. The third kappa shape index (κ3) is 3.69. The summed E-state index contributed by atoms with van der Waals surface area (Å²) in [5.74, 6) is -0.122. The van der Waals surface area contributed by atoms with Gasteiger partial charge < -0.3 is 10.2 Å². The van der Waals surface area contributed by atoms with Crippen molar-refractivity contribution in [1.82, 2.24) is 19.9 Å². The largest absolute Gasteiger partial charge is 0.433 e. The van der Waals surface area contributed by atoms with Gasteiger partial charge >= 0.3 is 6.18 Å². The summed E-state index contributed by atoms with van der Waals surface area (Å²) in [6.45, 7) is 1.06. The maximum absolute atomic E-state index is 13.7. The maximum atomic E-state index is 13.7. The molecule has 0 unspecified atom stereocenters. The fourth-order valence-corrected chi connectivity index (χ4v) is 2.57. The Morgan fingerprint density at radius 1 is 1.08 bits per heavy atom. The highest BCUT2D eigenvalue weighted by Gasteiger charge is 2.33. The molecule has 10 heteroatoms. The molecule has 2 aromatic heterocycles. The summed E-state index contributed by atoms with van der Waals surface area (Å²) in [5.41, 5.74) is -0.986. The van der Waals surface area contributed by atoms with E-state index in [0.717, 1.165) is 18.6 Å². The molecule has 1 N–H and O–H groups in total. The molecule has 0 atom stereocenters. The Hall–Kier alpha value is -2.52. The van der Waals surface area contributed by atoms with Crippen molar-refractivity contribution in [2.45, 2.75) is 25.1 Å². The van der Waals surface area contributed by atoms with E-state index in [0.29, 0.717) is 25.9 Å². The van der Waals surface area contributed by atoms with Crippen LogP contribution < -0.4 is 10.2 Å². The number of anilines is 2. The second kappa shape index (κ2) is 6.54. The van der Waals surface area contributed by atoms with Crippen LogP contribution in [-0.4, -0.2) is 39.1 Å². The molecular weight excluding hydrogens is 328 g/mol. The highest BCUT2D eigenvalue weighted by molar-refractivity contribution is 5.41. The maximum Gasteiger partial charge on any atom is 0.433 e. The molecule has 0 aliphatic carbocycles. The fraction of sp³-hybridized carbons (Fsp3) is 0.429. The first-order valence-corrected chi connectivity index (χ1v) is 7.30. The first-order valence-electron chi connectivity index (χ1n) is 7.30. The van der Waals surface area contributed by atoms with Crippen LogP contribution in [0.5, 0.6) is 0 Å². The number of hydrogen-bond acceptors (Lipinski definition) is 6. The molecule has 0 bridgehead atoms. The molecule has 6 nitrogen and oxygen atoms in total. The molecule has 3 heterocycles. The van der Waals surface area contributed by atoms with E-state index in [4.69, 9.17) is 0 Å². The highest BCUT2D eigenvalue weighted by atomic mass is 19.4. The van der Waals surface area contributed by atoms with Crippen molar-refractivity contribution in [3.05, 3.63) is 36.4 Å². The molecular formula is C14H14F4N6. The number of nitrogens with zero attached hydrogens (tertiary/aromatic N) is 5. The van der Waals surface area contributed by atoms with E-state index in [1.165, 1.54) is 6.33 Å². The van der Waals surface area contributed by atoms with Crippen LogP contribution in [-0.2, 0) is 6.18 Å². The van der Waals surface area contributed by atoms with Gasteiger partial charge in [0.1, 0.15) is 24.2 Å². The molecule has 1 aliphatic heterocycles. The Labute approximate surface area is 135 Å². The molecule has 2 aromatic rings. The number of rotatable bonds is 3. The van der Waals surface area contributed by atoms with E-state index in [1.54, 1.807) is 4.90 Å². The van der Waals surface area contributed by atoms with Crippen LogP contribution in [0.1, 0.15) is 18.5 Å². The Morgan fingerprint density at radius 3 is 2.50 bits per heavy atom. The van der Waals surface area contributed by atoms with Crippen LogP contribution in [0.3, 0.4) is 0 Å². The topological polar surface area (TPSA) is 66.8 Å². The summed E-state index contributed by atoms with van der Waals surface area (Å²) in [7, 11) is 0. The molecule has 0 amide bonds. The van der Waals surface area contributed by atoms with Crippen molar-refractivity contribution in [3.63, 3.8) is 0 Å². The smallest absolute Gasteiger partial charge is 0.367 e. The van der Waals surface area contributed by atoms with Crippen molar-refractivity contribution in [1.29, 1.82) is 0 Å². The lowest BCUT2D eigenvalue weighted by atomic mass is 10.1. The monoisotopic (exact) mass is 342 g/mol. The molecule has 1 fully saturated rings. The van der Waals surface area contributed by atoms with Crippen molar-refractivity contribution in [2.24, 2.45) is 0 Å². The highest BCUT2D eigenvalue weighted by Crippen LogP contribution is 2.28. The molecule has 1 saturated heterocycles. The normalized spacial score (nSPS) is 16.2. The predicted octanol–water partition coefficient (Wildman–Crippen LogP) is 2.51. The molecule has 0 radical (unpaired) electrons. The van der Waals surface area contributed by atoms with Crippen molar-refractivity contribution in [3.8, 4) is 0 Å². The summed E-state index contributed by atoms with van der Waals surface area (Å²) in [6, 6.07) is 0.832. The zero-order chi connectivity index (χ0) is 17.2. The number of aromatic nitrogens is 4. The van der Waals surface area contributed by atoms with Crippen molar-refractivity contribution < 1.29 is 17.6 Å². The van der Waals surface area contributed by atoms with Gasteiger partial charge in [-0.1, -0.05) is 0 Å². The summed E-state index contributed by atoms with van der Waals surface area (Å²) >= 11 is 0. The van der Waals surface area contributed by atoms with Crippen LogP contribution in [0.2, 0.25) is 0 Å². The van der Waals surface area contributed by atoms with Gasteiger partial charge in [-0.2, -0.15) is 13.2 Å². The second-order valence-corrected chi connectivity index (χ2v) is 5.39. The molecule has 0 saturated carbocycles. The first-order chi connectivity index (χ1) is 11.4. The third-order valence-electron chi connectivity index (χ3n) is 3.75. The molecule has 0 aromatic carbocycles. The molecule has 128 valence electrons. The van der Waals surface area contributed by atoms with Gasteiger partial charge in [0.2, 0.25) is 0 Å². The number of halogens is 4. The van der Waals surface area contributed by atoms with Gasteiger partial charge in [0, 0.05) is 25.2 Å². The predicted molar refractivity (Wildman–Crippen MR) is 77.9 cm³/mol. The Morgan fingerprint density at radius 2 is 1.83 bits per heavy atom. The summed E-state index contributed by atoms with van der Waals surface area (Å²) in [6.07, 6.45) is 0.00194. The van der Waals surface area contributed by atoms with Gasteiger partial charge in [0.15, 0.2) is 11.6 Å². The number of nitrogens with one attached hydrogen (secondary N) is 1. The van der Waals surface area contributed by atoms with Crippen LogP contribution >= 0.6 is 0 Å². The van der Waals surface area contributed by atoms with Crippen molar-refractivity contribution >= 4 is 11.6 Å². The average Bonchev–Trinajstić information content (AvgIpc) is 2.56. The van der Waals surface area contributed by atoms with E-state index >= 15 is 0 Å². The SMILES string of the molecule is Fc1cncnc1N1CCC(Nc2cc(C(F)(F)F)ncn2)CC1. The lowest BCUT2D eigenvalue weighted by molar-refractivity contribution is -0.141. The van der Waals surface area contributed by atoms with Gasteiger partial charge in [0.25, 0.3) is 0 Å². The zero-order valence-corrected chi connectivity index (χ0v) is 12.5. The Kier molecular flexibility index (Phi) is 4.45. The molecule has 1 aliphatic rings. The van der Waals surface area contributed by atoms with Gasteiger partial charge in [-0.15, -0.1) is 0 Å². The molecule has 0 spiro atoms. The average molecular weight is 342 g/mol. The minimum atomic E-state index is -4.51. The van der Waals surface area contributed by atoms with Crippen molar-refractivity contribution in [2.75, 3.05) is 23.3 Å². The summed E-state index contributed by atoms with van der Waals surface area (Å²) < 4.78 is 51.6. The van der Waals surface area contributed by atoms with E-state index in [9.17, 15) is 17.6 Å². The van der Waals surface area contributed by atoms with Crippen LogP contribution in [0.4, 0.5) is 29.2 Å². The van der Waals surface area contributed by atoms with Gasteiger partial charge in [-0.3, -0.25) is 0 Å². The standard InChI is InChI=1S/C14H14F4N6/c15-10-6-19-7-22-13(10)24-3-1-9(2-4-24)23-12-5-11(14(16,17)18)20-8-21-12/h5-9H,1-4H2,(H,20,21,23). The minimum absolute atomic E-state index is 0.0536. The summed E-state index contributed by atoms with van der Waals surface area (Å²) in [5, 5.41) is 2.98. The number of hydrogen-bond donors (Lipinski definition) is 1. The van der Waals surface area contributed by atoms with E-state index < -0.39 is 17.7 Å². The quantitative estimate of drug-likeness (QED) is 0.865. The third-order valence-corrected chi connectivity index (χ3v) is 3.75. The first kappa shape index (κ1) is 16.3. The minimum Gasteiger partial charge on any atom is -0.367 e. The zero-order valence-electron chi connectivity index (χ0n) is 12.5. The second-order valence-electron chi connectivity index (χ2n) is 5.39. The lowest BCUT2D eigenvalue weighted by Gasteiger charge is -2.33. The van der Waals surface area contributed by atoms with Crippen LogP contribution in [0, 0.1) is 5.82 Å². The van der Waals surface area contributed by atoms with E-state index in [1.807, 2.05) is 0 Å². The van der Waals surface area contributed by atoms with Gasteiger partial charge in [-0.05, 0) is 12.8 Å². The Balaban J connectivity index is 1.61. The molecule has 24 heavy (non-hydrogen) atoms. The van der Waals surface area contributed by atoms with E-state index in [-0.39, 0.29) is 17.7 Å². The Bertz CT molecular complexity index is 700. The lowest BCUT2D eigenvalue weighted by Crippen LogP contribution is -2.40. The number of alkyl halides is 3. The van der Waals surface area contributed by atoms with Crippen LogP contribution in [0.25, 0.3) is 0 Å². The van der Waals surface area contributed by atoms with Gasteiger partial charge in [-0.25, -0.2) is 24.3 Å². The van der Waals surface area contributed by atoms with Gasteiger partial charge in [0.05, 0.1) is 6.20 Å². The van der Waals surface area contributed by atoms with Crippen LogP contribution in [0.15, 0.2) is 24.9 Å². The fourth-order valence-electron chi connectivity index (χ4n) is 2.57.